The number of aliphatic hydroxyl groups is 2. The third kappa shape index (κ3) is 4.70. The summed E-state index contributed by atoms with van der Waals surface area (Å²) in [5.41, 5.74) is -0.622. The Hall–Kier alpha value is -1.30. The molecule has 0 saturated heterocycles. The summed E-state index contributed by atoms with van der Waals surface area (Å²) in [5, 5.41) is 21.7. The minimum atomic E-state index is -0.622. The van der Waals surface area contributed by atoms with E-state index in [0.29, 0.717) is 19.6 Å². The van der Waals surface area contributed by atoms with Crippen molar-refractivity contribution < 1.29 is 19.7 Å². The first-order chi connectivity index (χ1) is 9.19. The van der Waals surface area contributed by atoms with E-state index in [0.717, 1.165) is 11.5 Å². The van der Waals surface area contributed by atoms with E-state index >= 15 is 0 Å². The molecule has 0 spiro atoms. The molecule has 0 amide bonds. The average molecular weight is 269 g/mol. The molecule has 1 aromatic rings. The zero-order valence-electron chi connectivity index (χ0n) is 11.6. The van der Waals surface area contributed by atoms with Crippen molar-refractivity contribution in [2.75, 3.05) is 33.5 Å². The molecule has 0 bridgehead atoms. The van der Waals surface area contributed by atoms with Crippen LogP contribution in [0.3, 0.4) is 0 Å². The Morgan fingerprint density at radius 1 is 1.11 bits per heavy atom. The fourth-order valence-corrected chi connectivity index (χ4v) is 1.67. The normalized spacial score (nSPS) is 11.4. The van der Waals surface area contributed by atoms with Gasteiger partial charge in [0.15, 0.2) is 0 Å². The molecule has 0 radical (unpaired) electrons. The fraction of sp³-hybridized carbons (Fsp3) is 0.571. The van der Waals surface area contributed by atoms with E-state index in [1.54, 1.807) is 7.11 Å². The second-order valence-corrected chi connectivity index (χ2v) is 4.40. The van der Waals surface area contributed by atoms with Gasteiger partial charge in [-0.05, 0) is 30.7 Å². The summed E-state index contributed by atoms with van der Waals surface area (Å²) in [7, 11) is 1.62. The molecular weight excluding hydrogens is 246 g/mol. The van der Waals surface area contributed by atoms with Gasteiger partial charge in [-0.2, -0.15) is 0 Å². The highest BCUT2D eigenvalue weighted by Gasteiger charge is 2.25. The van der Waals surface area contributed by atoms with E-state index < -0.39 is 5.54 Å². The van der Waals surface area contributed by atoms with Crippen LogP contribution in [0.5, 0.6) is 11.5 Å². The number of methoxy groups -OCH3 is 1. The predicted molar refractivity (Wildman–Crippen MR) is 73.7 cm³/mol. The lowest BCUT2D eigenvalue weighted by atomic mass is 9.99. The molecular formula is C14H23NO4. The molecule has 1 aromatic carbocycles. The molecule has 108 valence electrons. The van der Waals surface area contributed by atoms with Crippen LogP contribution in [0.25, 0.3) is 0 Å². The highest BCUT2D eigenvalue weighted by molar-refractivity contribution is 5.31. The van der Waals surface area contributed by atoms with Gasteiger partial charge >= 0.3 is 0 Å². The molecule has 3 N–H and O–H groups in total. The van der Waals surface area contributed by atoms with Gasteiger partial charge in [0.25, 0.3) is 0 Å². The molecule has 0 atom stereocenters. The van der Waals surface area contributed by atoms with Crippen molar-refractivity contribution in [3.8, 4) is 11.5 Å². The molecule has 0 saturated carbocycles. The van der Waals surface area contributed by atoms with Crippen molar-refractivity contribution in [3.05, 3.63) is 24.3 Å². The Labute approximate surface area is 114 Å². The molecule has 0 heterocycles. The van der Waals surface area contributed by atoms with Gasteiger partial charge in [-0.3, -0.25) is 0 Å². The van der Waals surface area contributed by atoms with Crippen molar-refractivity contribution in [2.45, 2.75) is 18.9 Å². The van der Waals surface area contributed by atoms with Crippen LogP contribution in [0.4, 0.5) is 0 Å². The molecule has 5 heteroatoms. The Morgan fingerprint density at radius 3 is 2.16 bits per heavy atom. The van der Waals surface area contributed by atoms with E-state index in [1.165, 1.54) is 0 Å². The maximum absolute atomic E-state index is 9.27. The smallest absolute Gasteiger partial charge is 0.119 e. The Morgan fingerprint density at radius 2 is 1.68 bits per heavy atom. The SMILES string of the molecule is CCC(CO)(CO)NCCOc1ccc(OC)cc1. The lowest BCUT2D eigenvalue weighted by molar-refractivity contribution is 0.0844. The first-order valence-corrected chi connectivity index (χ1v) is 6.43. The summed E-state index contributed by atoms with van der Waals surface area (Å²) in [6, 6.07) is 7.34. The quantitative estimate of drug-likeness (QED) is 0.578. The zero-order valence-corrected chi connectivity index (χ0v) is 11.6. The van der Waals surface area contributed by atoms with Crippen LogP contribution < -0.4 is 14.8 Å². The Balaban J connectivity index is 2.33. The van der Waals surface area contributed by atoms with E-state index in [1.807, 2.05) is 31.2 Å². The van der Waals surface area contributed by atoms with E-state index in [-0.39, 0.29) is 13.2 Å². The largest absolute Gasteiger partial charge is 0.497 e. The lowest BCUT2D eigenvalue weighted by Crippen LogP contribution is -2.52. The van der Waals surface area contributed by atoms with E-state index in [4.69, 9.17) is 9.47 Å². The predicted octanol–water partition coefficient (Wildman–Crippen LogP) is 0.797. The van der Waals surface area contributed by atoms with Gasteiger partial charge in [-0.15, -0.1) is 0 Å². The van der Waals surface area contributed by atoms with Crippen molar-refractivity contribution in [1.29, 1.82) is 0 Å². The molecule has 0 aromatic heterocycles. The highest BCUT2D eigenvalue weighted by atomic mass is 16.5. The second kappa shape index (κ2) is 7.99. The molecule has 0 aliphatic heterocycles. The summed E-state index contributed by atoms with van der Waals surface area (Å²) in [6.45, 7) is 2.75. The fourth-order valence-electron chi connectivity index (χ4n) is 1.67. The van der Waals surface area contributed by atoms with Crippen molar-refractivity contribution >= 4 is 0 Å². The highest BCUT2D eigenvalue weighted by Crippen LogP contribution is 2.16. The summed E-state index contributed by atoms with van der Waals surface area (Å²) in [6.07, 6.45) is 0.655. The maximum Gasteiger partial charge on any atom is 0.119 e. The number of hydrogen-bond acceptors (Lipinski definition) is 5. The minimum absolute atomic E-state index is 0.0947. The number of aliphatic hydroxyl groups excluding tert-OH is 2. The van der Waals surface area contributed by atoms with Gasteiger partial charge in [0.05, 0.1) is 25.9 Å². The minimum Gasteiger partial charge on any atom is -0.497 e. The Bertz CT molecular complexity index is 341. The molecule has 0 aliphatic carbocycles. The monoisotopic (exact) mass is 269 g/mol. The van der Waals surface area contributed by atoms with Crippen molar-refractivity contribution in [3.63, 3.8) is 0 Å². The standard InChI is InChI=1S/C14H23NO4/c1-3-14(10-16,11-17)15-8-9-19-13-6-4-12(18-2)5-7-13/h4-7,15-17H,3,8-11H2,1-2H3. The Kier molecular flexibility index (Phi) is 6.62. The molecule has 5 nitrogen and oxygen atoms in total. The average Bonchev–Trinajstić information content (AvgIpc) is 2.49. The number of hydrogen-bond donors (Lipinski definition) is 3. The van der Waals surface area contributed by atoms with Gasteiger partial charge in [-0.25, -0.2) is 0 Å². The van der Waals surface area contributed by atoms with Gasteiger partial charge in [0.2, 0.25) is 0 Å². The van der Waals surface area contributed by atoms with E-state index in [2.05, 4.69) is 5.32 Å². The van der Waals surface area contributed by atoms with Crippen LogP contribution in [0.1, 0.15) is 13.3 Å². The maximum atomic E-state index is 9.27. The summed E-state index contributed by atoms with van der Waals surface area (Å²) in [4.78, 5) is 0. The zero-order chi connectivity index (χ0) is 14.1. The topological polar surface area (TPSA) is 71.0 Å². The van der Waals surface area contributed by atoms with Gasteiger partial charge in [-0.1, -0.05) is 6.92 Å². The summed E-state index contributed by atoms with van der Waals surface area (Å²) < 4.78 is 10.6. The van der Waals surface area contributed by atoms with Crippen molar-refractivity contribution in [2.24, 2.45) is 0 Å². The van der Waals surface area contributed by atoms with E-state index in [9.17, 15) is 10.2 Å². The van der Waals surface area contributed by atoms with Gasteiger partial charge in [0, 0.05) is 6.54 Å². The molecule has 0 fully saturated rings. The van der Waals surface area contributed by atoms with Gasteiger partial charge in [0.1, 0.15) is 18.1 Å². The lowest BCUT2D eigenvalue weighted by Gasteiger charge is -2.29. The molecule has 0 aliphatic rings. The third-order valence-corrected chi connectivity index (χ3v) is 3.21. The number of ether oxygens (including phenoxy) is 2. The number of benzene rings is 1. The van der Waals surface area contributed by atoms with Gasteiger partial charge < -0.3 is 25.0 Å². The van der Waals surface area contributed by atoms with Crippen LogP contribution in [0.15, 0.2) is 24.3 Å². The van der Waals surface area contributed by atoms with Crippen LogP contribution in [-0.4, -0.2) is 49.2 Å². The number of rotatable bonds is 9. The van der Waals surface area contributed by atoms with Crippen LogP contribution >= 0.6 is 0 Å². The van der Waals surface area contributed by atoms with Crippen LogP contribution in [0.2, 0.25) is 0 Å². The third-order valence-electron chi connectivity index (χ3n) is 3.21. The molecule has 0 unspecified atom stereocenters. The summed E-state index contributed by atoms with van der Waals surface area (Å²) >= 11 is 0. The number of nitrogens with one attached hydrogen (secondary N) is 1. The first-order valence-electron chi connectivity index (χ1n) is 6.43. The molecule has 1 rings (SSSR count). The first kappa shape index (κ1) is 15.8. The van der Waals surface area contributed by atoms with Crippen LogP contribution in [-0.2, 0) is 0 Å². The molecule has 19 heavy (non-hydrogen) atoms. The van der Waals surface area contributed by atoms with Crippen LogP contribution in [0, 0.1) is 0 Å². The van der Waals surface area contributed by atoms with Crippen molar-refractivity contribution in [1.82, 2.24) is 5.32 Å². The summed E-state index contributed by atoms with van der Waals surface area (Å²) in [5.74, 6) is 1.55. The second-order valence-electron chi connectivity index (χ2n) is 4.40.